The Kier molecular flexibility index (Phi) is 4.05. The second kappa shape index (κ2) is 5.09. The first-order valence-electron chi connectivity index (χ1n) is 4.80. The van der Waals surface area contributed by atoms with Gasteiger partial charge in [0.2, 0.25) is 0 Å². The Hall–Kier alpha value is -1.14. The second-order valence-corrected chi connectivity index (χ2v) is 3.62. The number of carbonyl (C=O) groups is 2. The fraction of sp³-hybridized carbons (Fsp3) is 0.778. The average Bonchev–Trinajstić information content (AvgIpc) is 2.48. The Balaban J connectivity index is 2.61. The van der Waals surface area contributed by atoms with E-state index in [1.807, 2.05) is 6.92 Å². The predicted molar refractivity (Wildman–Crippen MR) is 50.7 cm³/mol. The van der Waals surface area contributed by atoms with Gasteiger partial charge in [-0.25, -0.2) is 0 Å². The van der Waals surface area contributed by atoms with E-state index >= 15 is 0 Å². The molecule has 0 bridgehead atoms. The van der Waals surface area contributed by atoms with Crippen molar-refractivity contribution in [1.29, 1.82) is 0 Å². The zero-order valence-corrected chi connectivity index (χ0v) is 8.55. The molecule has 1 saturated heterocycles. The van der Waals surface area contributed by atoms with Crippen LogP contribution in [0, 0.1) is 0 Å². The average molecular weight is 217 g/mol. The third-order valence-corrected chi connectivity index (χ3v) is 2.48. The molecule has 0 aromatic carbocycles. The van der Waals surface area contributed by atoms with E-state index in [4.69, 9.17) is 14.9 Å². The molecule has 0 saturated carbocycles. The van der Waals surface area contributed by atoms with E-state index in [2.05, 4.69) is 0 Å². The van der Waals surface area contributed by atoms with E-state index in [1.165, 1.54) is 4.90 Å². The molecule has 1 aliphatic rings. The van der Waals surface area contributed by atoms with Crippen LogP contribution in [0.25, 0.3) is 0 Å². The predicted octanol–water partition coefficient (Wildman–Crippen LogP) is -0.365. The summed E-state index contributed by atoms with van der Waals surface area (Å²) in [6.45, 7) is 1.87. The lowest BCUT2D eigenvalue weighted by molar-refractivity contribution is -0.143. The van der Waals surface area contributed by atoms with Crippen LogP contribution >= 0.6 is 0 Å². The van der Waals surface area contributed by atoms with Crippen LogP contribution < -0.4 is 0 Å². The van der Waals surface area contributed by atoms with Crippen LogP contribution in [0.2, 0.25) is 0 Å². The smallest absolute Gasteiger partial charge is 0.317 e. The molecule has 0 aromatic rings. The molecule has 1 heterocycles. The highest BCUT2D eigenvalue weighted by molar-refractivity contribution is 5.72. The van der Waals surface area contributed by atoms with Crippen molar-refractivity contribution in [2.45, 2.75) is 25.5 Å². The van der Waals surface area contributed by atoms with E-state index in [-0.39, 0.29) is 25.2 Å². The fourth-order valence-corrected chi connectivity index (χ4v) is 1.84. The third-order valence-electron chi connectivity index (χ3n) is 2.48. The van der Waals surface area contributed by atoms with E-state index in [1.54, 1.807) is 0 Å². The Morgan fingerprint density at radius 3 is 2.20 bits per heavy atom. The van der Waals surface area contributed by atoms with E-state index in [9.17, 15) is 9.59 Å². The fourth-order valence-electron chi connectivity index (χ4n) is 1.84. The highest BCUT2D eigenvalue weighted by Gasteiger charge is 2.32. The number of hydrogen-bond donors (Lipinski definition) is 2. The standard InChI is InChI=1S/C9H15NO5/c1-6-7(2-3-15-6)10(4-8(11)12)5-9(13)14/h6-7H,2-5H2,1H3,(H,11,12)(H,13,14). The van der Waals surface area contributed by atoms with Crippen LogP contribution in [-0.2, 0) is 14.3 Å². The van der Waals surface area contributed by atoms with Gasteiger partial charge in [-0.2, -0.15) is 0 Å². The summed E-state index contributed by atoms with van der Waals surface area (Å²) in [4.78, 5) is 22.6. The molecule has 1 aliphatic heterocycles. The summed E-state index contributed by atoms with van der Waals surface area (Å²) in [6, 6.07) is -0.114. The van der Waals surface area contributed by atoms with Crippen LogP contribution in [0.15, 0.2) is 0 Å². The summed E-state index contributed by atoms with van der Waals surface area (Å²) in [7, 11) is 0. The van der Waals surface area contributed by atoms with Crippen molar-refractivity contribution in [1.82, 2.24) is 4.90 Å². The molecule has 0 radical (unpaired) electrons. The summed E-state index contributed by atoms with van der Waals surface area (Å²) in [6.07, 6.45) is 0.575. The minimum absolute atomic E-state index is 0.108. The van der Waals surface area contributed by atoms with Crippen LogP contribution in [0.3, 0.4) is 0 Å². The lowest BCUT2D eigenvalue weighted by atomic mass is 10.1. The van der Waals surface area contributed by atoms with Gasteiger partial charge in [0.15, 0.2) is 0 Å². The zero-order valence-electron chi connectivity index (χ0n) is 8.55. The highest BCUT2D eigenvalue weighted by atomic mass is 16.5. The van der Waals surface area contributed by atoms with Crippen LogP contribution in [-0.4, -0.2) is 58.9 Å². The molecule has 6 heteroatoms. The molecule has 1 rings (SSSR count). The van der Waals surface area contributed by atoms with Gasteiger partial charge in [-0.1, -0.05) is 0 Å². The van der Waals surface area contributed by atoms with Gasteiger partial charge in [-0.05, 0) is 13.3 Å². The highest BCUT2D eigenvalue weighted by Crippen LogP contribution is 2.18. The van der Waals surface area contributed by atoms with Gasteiger partial charge in [0, 0.05) is 12.6 Å². The quantitative estimate of drug-likeness (QED) is 0.653. The van der Waals surface area contributed by atoms with E-state index in [0.717, 1.165) is 0 Å². The molecule has 86 valence electrons. The third kappa shape index (κ3) is 3.49. The molecule has 6 nitrogen and oxygen atoms in total. The first-order chi connectivity index (χ1) is 7.00. The SMILES string of the molecule is CC1OCCC1N(CC(=O)O)CC(=O)O. The van der Waals surface area contributed by atoms with Gasteiger partial charge in [-0.3, -0.25) is 14.5 Å². The normalized spacial score (nSPS) is 25.7. The van der Waals surface area contributed by atoms with Crippen molar-refractivity contribution in [2.75, 3.05) is 19.7 Å². The topological polar surface area (TPSA) is 87.1 Å². The monoisotopic (exact) mass is 217 g/mol. The second-order valence-electron chi connectivity index (χ2n) is 3.62. The molecule has 0 spiro atoms. The maximum absolute atomic E-state index is 10.6. The summed E-state index contributed by atoms with van der Waals surface area (Å²) in [5, 5.41) is 17.3. The minimum Gasteiger partial charge on any atom is -0.480 e. The summed E-state index contributed by atoms with van der Waals surface area (Å²) in [5.41, 5.74) is 0. The maximum Gasteiger partial charge on any atom is 0.317 e. The first kappa shape index (κ1) is 11.9. The van der Waals surface area contributed by atoms with Crippen molar-refractivity contribution in [3.63, 3.8) is 0 Å². The summed E-state index contributed by atoms with van der Waals surface area (Å²) < 4.78 is 5.28. The summed E-state index contributed by atoms with van der Waals surface area (Å²) in [5.74, 6) is -2.04. The number of hydrogen-bond acceptors (Lipinski definition) is 4. The Morgan fingerprint density at radius 1 is 1.33 bits per heavy atom. The van der Waals surface area contributed by atoms with Gasteiger partial charge in [0.25, 0.3) is 0 Å². The molecular formula is C9H15NO5. The number of aliphatic carboxylic acids is 2. The van der Waals surface area contributed by atoms with Crippen molar-refractivity contribution in [2.24, 2.45) is 0 Å². The van der Waals surface area contributed by atoms with Gasteiger partial charge in [0.05, 0.1) is 19.2 Å². The number of rotatable bonds is 5. The van der Waals surface area contributed by atoms with Gasteiger partial charge in [0.1, 0.15) is 0 Å². The maximum atomic E-state index is 10.6. The minimum atomic E-state index is -1.02. The number of nitrogens with zero attached hydrogens (tertiary/aromatic N) is 1. The molecule has 15 heavy (non-hydrogen) atoms. The lowest BCUT2D eigenvalue weighted by Gasteiger charge is -2.27. The number of ether oxygens (including phenoxy) is 1. The van der Waals surface area contributed by atoms with Crippen molar-refractivity contribution >= 4 is 11.9 Å². The lowest BCUT2D eigenvalue weighted by Crippen LogP contribution is -2.45. The Bertz CT molecular complexity index is 239. The van der Waals surface area contributed by atoms with Crippen molar-refractivity contribution in [3.8, 4) is 0 Å². The largest absolute Gasteiger partial charge is 0.480 e. The molecule has 2 N–H and O–H groups in total. The molecule has 0 aromatic heterocycles. The van der Waals surface area contributed by atoms with Crippen molar-refractivity contribution in [3.05, 3.63) is 0 Å². The molecule has 2 atom stereocenters. The van der Waals surface area contributed by atoms with Crippen molar-refractivity contribution < 1.29 is 24.5 Å². The van der Waals surface area contributed by atoms with Crippen LogP contribution in [0.5, 0.6) is 0 Å². The Morgan fingerprint density at radius 2 is 1.87 bits per heavy atom. The summed E-state index contributed by atoms with van der Waals surface area (Å²) >= 11 is 0. The number of carboxylic acid groups (broad SMARTS) is 2. The Labute approximate surface area is 87.4 Å². The zero-order chi connectivity index (χ0) is 11.4. The van der Waals surface area contributed by atoms with Gasteiger partial charge < -0.3 is 14.9 Å². The molecule has 2 unspecified atom stereocenters. The molecule has 0 aliphatic carbocycles. The molecule has 1 fully saturated rings. The van der Waals surface area contributed by atoms with E-state index < -0.39 is 11.9 Å². The van der Waals surface area contributed by atoms with Gasteiger partial charge >= 0.3 is 11.9 Å². The van der Waals surface area contributed by atoms with Gasteiger partial charge in [-0.15, -0.1) is 0 Å². The number of carboxylic acids is 2. The van der Waals surface area contributed by atoms with E-state index in [0.29, 0.717) is 13.0 Å². The molecular weight excluding hydrogens is 202 g/mol. The first-order valence-corrected chi connectivity index (χ1v) is 4.80. The van der Waals surface area contributed by atoms with Crippen LogP contribution in [0.1, 0.15) is 13.3 Å². The molecule has 0 amide bonds. The van der Waals surface area contributed by atoms with Crippen LogP contribution in [0.4, 0.5) is 0 Å².